The van der Waals surface area contributed by atoms with Crippen molar-refractivity contribution >= 4 is 5.91 Å². The summed E-state index contributed by atoms with van der Waals surface area (Å²) >= 11 is 0. The molecule has 4 aliphatic carbocycles. The molecule has 5 aliphatic rings. The first-order valence-corrected chi connectivity index (χ1v) is 8.73. The van der Waals surface area contributed by atoms with Gasteiger partial charge >= 0.3 is 0 Å². The van der Waals surface area contributed by atoms with E-state index in [0.717, 1.165) is 32.1 Å². The molecule has 0 aromatic rings. The number of likely N-dealkylation sites (tertiary alicyclic amines) is 1. The number of carbonyl (C=O) groups is 1. The SMILES string of the molecule is N#C[C@@H]1CCCN1C(=O)CNC12CC3C[C@@](O)(C1)C[C@](O)(C3)C2. The van der Waals surface area contributed by atoms with Gasteiger partial charge in [-0.15, -0.1) is 0 Å². The standard InChI is InChI=1S/C17H25N3O3/c18-7-13-2-1-3-20(13)14(21)8-19-15-4-12-5-16(22,9-15)11-17(23,6-12)10-15/h12-13,19,22-23H,1-6,8-11H2/t12?,13-,15?,16-,17+/m0/s1. The Labute approximate surface area is 136 Å². The van der Waals surface area contributed by atoms with Crippen LogP contribution >= 0.6 is 0 Å². The molecule has 5 fully saturated rings. The minimum atomic E-state index is -0.785. The second kappa shape index (κ2) is 4.92. The largest absolute Gasteiger partial charge is 0.390 e. The minimum absolute atomic E-state index is 0.0382. The number of aliphatic hydroxyl groups is 2. The maximum atomic E-state index is 12.5. The lowest BCUT2D eigenvalue weighted by Gasteiger charge is -2.63. The third kappa shape index (κ3) is 2.55. The van der Waals surface area contributed by atoms with Crippen molar-refractivity contribution in [2.45, 2.75) is 74.1 Å². The number of nitrogens with one attached hydrogen (secondary N) is 1. The number of hydrogen-bond acceptors (Lipinski definition) is 5. The fourth-order valence-corrected chi connectivity index (χ4v) is 6.10. The zero-order chi connectivity index (χ0) is 16.3. The highest BCUT2D eigenvalue weighted by Crippen LogP contribution is 2.59. The van der Waals surface area contributed by atoms with Crippen LogP contribution in [0.1, 0.15) is 51.4 Å². The van der Waals surface area contributed by atoms with Crippen molar-refractivity contribution in [1.82, 2.24) is 10.2 Å². The van der Waals surface area contributed by atoms with Gasteiger partial charge in [0.15, 0.2) is 0 Å². The Bertz CT molecular complexity index is 554. The van der Waals surface area contributed by atoms with Gasteiger partial charge in [-0.05, 0) is 50.9 Å². The molecular formula is C17H25N3O3. The zero-order valence-corrected chi connectivity index (χ0v) is 13.4. The summed E-state index contributed by atoms with van der Waals surface area (Å²) < 4.78 is 0. The first-order valence-electron chi connectivity index (χ1n) is 8.73. The molecule has 23 heavy (non-hydrogen) atoms. The smallest absolute Gasteiger partial charge is 0.237 e. The number of hydrogen-bond donors (Lipinski definition) is 3. The van der Waals surface area contributed by atoms with Gasteiger partial charge in [0.05, 0.1) is 23.8 Å². The molecular weight excluding hydrogens is 294 g/mol. The molecule has 2 unspecified atom stereocenters. The van der Waals surface area contributed by atoms with Gasteiger partial charge in [-0.25, -0.2) is 0 Å². The average molecular weight is 319 g/mol. The van der Waals surface area contributed by atoms with E-state index >= 15 is 0 Å². The number of nitriles is 1. The van der Waals surface area contributed by atoms with E-state index in [1.165, 1.54) is 0 Å². The number of rotatable bonds is 3. The summed E-state index contributed by atoms with van der Waals surface area (Å²) in [5.41, 5.74) is -1.90. The Kier molecular flexibility index (Phi) is 3.29. The first kappa shape index (κ1) is 15.4. The molecule has 0 aromatic carbocycles. The molecule has 5 rings (SSSR count). The van der Waals surface area contributed by atoms with Crippen molar-refractivity contribution in [3.8, 4) is 6.07 Å². The summed E-state index contributed by atoms with van der Waals surface area (Å²) in [6.07, 6.45) is 5.82. The van der Waals surface area contributed by atoms with Crippen molar-refractivity contribution in [2.24, 2.45) is 5.92 Å². The van der Waals surface area contributed by atoms with Gasteiger partial charge in [0.25, 0.3) is 0 Å². The molecule has 5 atom stereocenters. The van der Waals surface area contributed by atoms with Crippen molar-refractivity contribution in [3.05, 3.63) is 0 Å². The second-order valence-corrected chi connectivity index (χ2v) is 8.47. The molecule has 1 amide bonds. The molecule has 3 N–H and O–H groups in total. The van der Waals surface area contributed by atoms with E-state index in [9.17, 15) is 15.0 Å². The van der Waals surface area contributed by atoms with Crippen molar-refractivity contribution in [1.29, 1.82) is 5.26 Å². The van der Waals surface area contributed by atoms with Gasteiger partial charge in [0.2, 0.25) is 5.91 Å². The summed E-state index contributed by atoms with van der Waals surface area (Å²) in [5.74, 6) is 0.297. The van der Waals surface area contributed by atoms with Gasteiger partial charge in [0, 0.05) is 18.5 Å². The predicted octanol–water partition coefficient (Wildman–Crippen LogP) is 0.289. The van der Waals surface area contributed by atoms with E-state index in [4.69, 9.17) is 5.26 Å². The number of amides is 1. The van der Waals surface area contributed by atoms with Gasteiger partial charge in [-0.2, -0.15) is 5.26 Å². The van der Waals surface area contributed by atoms with Crippen LogP contribution in [0.15, 0.2) is 0 Å². The second-order valence-electron chi connectivity index (χ2n) is 8.47. The Morgan fingerprint density at radius 1 is 1.22 bits per heavy atom. The van der Waals surface area contributed by atoms with Crippen LogP contribution in [0.5, 0.6) is 0 Å². The third-order valence-electron chi connectivity index (χ3n) is 6.35. The lowest BCUT2D eigenvalue weighted by atomic mass is 9.49. The van der Waals surface area contributed by atoms with Crippen molar-refractivity contribution in [3.63, 3.8) is 0 Å². The normalized spacial score (nSPS) is 47.8. The molecule has 6 nitrogen and oxygen atoms in total. The fraction of sp³-hybridized carbons (Fsp3) is 0.882. The predicted molar refractivity (Wildman–Crippen MR) is 82.2 cm³/mol. The Hall–Kier alpha value is -1.16. The summed E-state index contributed by atoms with van der Waals surface area (Å²) in [6.45, 7) is 0.847. The highest BCUT2D eigenvalue weighted by Gasteiger charge is 2.62. The highest BCUT2D eigenvalue weighted by molar-refractivity contribution is 5.79. The van der Waals surface area contributed by atoms with Gasteiger partial charge in [-0.1, -0.05) is 0 Å². The molecule has 0 aromatic heterocycles. The van der Waals surface area contributed by atoms with E-state index in [-0.39, 0.29) is 24.0 Å². The third-order valence-corrected chi connectivity index (χ3v) is 6.35. The van der Waals surface area contributed by atoms with Gasteiger partial charge in [-0.3, -0.25) is 4.79 Å². The average Bonchev–Trinajstić information content (AvgIpc) is 2.89. The monoisotopic (exact) mass is 319 g/mol. The van der Waals surface area contributed by atoms with Crippen LogP contribution in [-0.2, 0) is 4.79 Å². The fourth-order valence-electron chi connectivity index (χ4n) is 6.10. The Balaban J connectivity index is 1.45. The van der Waals surface area contributed by atoms with Crippen LogP contribution in [0.3, 0.4) is 0 Å². The molecule has 126 valence electrons. The minimum Gasteiger partial charge on any atom is -0.390 e. The van der Waals surface area contributed by atoms with Crippen LogP contribution in [0.25, 0.3) is 0 Å². The summed E-state index contributed by atoms with van der Waals surface area (Å²) in [5, 5.41) is 34.0. The van der Waals surface area contributed by atoms with Crippen LogP contribution in [0.4, 0.5) is 0 Å². The van der Waals surface area contributed by atoms with Crippen LogP contribution in [0, 0.1) is 17.2 Å². The van der Waals surface area contributed by atoms with E-state index in [1.54, 1.807) is 4.90 Å². The number of carbonyl (C=O) groups excluding carboxylic acids is 1. The molecule has 1 saturated heterocycles. The molecule has 4 bridgehead atoms. The molecule has 0 radical (unpaired) electrons. The van der Waals surface area contributed by atoms with Gasteiger partial charge < -0.3 is 20.4 Å². The van der Waals surface area contributed by atoms with E-state index in [2.05, 4.69) is 11.4 Å². The maximum absolute atomic E-state index is 12.5. The lowest BCUT2D eigenvalue weighted by molar-refractivity contribution is -0.212. The topological polar surface area (TPSA) is 96.6 Å². The molecule has 1 aliphatic heterocycles. The highest BCUT2D eigenvalue weighted by atomic mass is 16.3. The Morgan fingerprint density at radius 2 is 1.91 bits per heavy atom. The maximum Gasteiger partial charge on any atom is 0.237 e. The Morgan fingerprint density at radius 3 is 2.52 bits per heavy atom. The molecule has 0 spiro atoms. The zero-order valence-electron chi connectivity index (χ0n) is 13.4. The van der Waals surface area contributed by atoms with Gasteiger partial charge in [0.1, 0.15) is 6.04 Å². The summed E-state index contributed by atoms with van der Waals surface area (Å²) in [4.78, 5) is 14.1. The van der Waals surface area contributed by atoms with Crippen LogP contribution < -0.4 is 5.32 Å². The number of nitrogens with zero attached hydrogens (tertiary/aromatic N) is 2. The van der Waals surface area contributed by atoms with Crippen molar-refractivity contribution < 1.29 is 15.0 Å². The summed E-state index contributed by atoms with van der Waals surface area (Å²) in [6, 6.07) is 1.90. The van der Waals surface area contributed by atoms with Crippen LogP contribution in [-0.4, -0.2) is 56.9 Å². The van der Waals surface area contributed by atoms with E-state index in [0.29, 0.717) is 31.7 Å². The molecule has 6 heteroatoms. The quantitative estimate of drug-likeness (QED) is 0.695. The van der Waals surface area contributed by atoms with Crippen LogP contribution in [0.2, 0.25) is 0 Å². The van der Waals surface area contributed by atoms with E-state index in [1.807, 2.05) is 0 Å². The van der Waals surface area contributed by atoms with Crippen molar-refractivity contribution in [2.75, 3.05) is 13.1 Å². The van der Waals surface area contributed by atoms with E-state index < -0.39 is 11.2 Å². The first-order chi connectivity index (χ1) is 10.8. The summed E-state index contributed by atoms with van der Waals surface area (Å²) in [7, 11) is 0. The molecule has 1 heterocycles. The lowest BCUT2D eigenvalue weighted by Crippen LogP contribution is -2.70. The molecule has 4 saturated carbocycles.